The van der Waals surface area contributed by atoms with Crippen molar-refractivity contribution in [2.45, 2.75) is 6.54 Å². The van der Waals surface area contributed by atoms with Crippen molar-refractivity contribution >= 4 is 16.8 Å². The zero-order valence-electron chi connectivity index (χ0n) is 11.2. The minimum absolute atomic E-state index is 0.283. The lowest BCUT2D eigenvalue weighted by molar-refractivity contribution is -0.113. The predicted molar refractivity (Wildman–Crippen MR) is 75.1 cm³/mol. The standard InChI is InChI=1S/C14H17ClN2O3/c15-14(18)9-17-5-3-16(4-6-17)8-11-1-2-12-13(7-11)20-10-19-12/h1-2,7H,3-6,8-10H2. The molecule has 0 atom stereocenters. The molecular weight excluding hydrogens is 280 g/mol. The predicted octanol–water partition coefficient (Wildman–Crippen LogP) is 1.30. The van der Waals surface area contributed by atoms with E-state index in [1.54, 1.807) is 0 Å². The molecule has 0 saturated carbocycles. The maximum atomic E-state index is 10.9. The first kappa shape index (κ1) is 13.7. The summed E-state index contributed by atoms with van der Waals surface area (Å²) in [5.74, 6) is 1.65. The lowest BCUT2D eigenvalue weighted by atomic mass is 10.1. The molecule has 1 saturated heterocycles. The Morgan fingerprint density at radius 2 is 1.80 bits per heavy atom. The molecule has 1 aromatic carbocycles. The average Bonchev–Trinajstić information content (AvgIpc) is 2.88. The number of carbonyl (C=O) groups excluding carboxylic acids is 1. The van der Waals surface area contributed by atoms with E-state index < -0.39 is 0 Å². The van der Waals surface area contributed by atoms with Crippen molar-refractivity contribution in [1.29, 1.82) is 0 Å². The number of hydrogen-bond donors (Lipinski definition) is 0. The molecule has 0 spiro atoms. The summed E-state index contributed by atoms with van der Waals surface area (Å²) < 4.78 is 10.7. The number of ether oxygens (including phenoxy) is 2. The lowest BCUT2D eigenvalue weighted by Gasteiger charge is -2.33. The second-order valence-electron chi connectivity index (χ2n) is 5.10. The number of piperazine rings is 1. The van der Waals surface area contributed by atoms with E-state index in [0.29, 0.717) is 13.3 Å². The molecule has 20 heavy (non-hydrogen) atoms. The molecule has 2 aliphatic heterocycles. The van der Waals surface area contributed by atoms with Crippen LogP contribution in [0.2, 0.25) is 0 Å². The Hall–Kier alpha value is -1.30. The minimum atomic E-state index is -0.283. The van der Waals surface area contributed by atoms with E-state index in [-0.39, 0.29) is 5.24 Å². The van der Waals surface area contributed by atoms with E-state index in [4.69, 9.17) is 21.1 Å². The number of halogens is 1. The third-order valence-electron chi connectivity index (χ3n) is 3.66. The third kappa shape index (κ3) is 3.23. The van der Waals surface area contributed by atoms with Gasteiger partial charge in [-0.05, 0) is 29.3 Å². The fourth-order valence-corrected chi connectivity index (χ4v) is 2.75. The lowest BCUT2D eigenvalue weighted by Crippen LogP contribution is -2.46. The molecule has 0 aliphatic carbocycles. The Labute approximate surface area is 123 Å². The first-order valence-electron chi connectivity index (χ1n) is 6.72. The molecule has 2 heterocycles. The summed E-state index contributed by atoms with van der Waals surface area (Å²) in [6, 6.07) is 6.07. The molecule has 3 rings (SSSR count). The van der Waals surface area contributed by atoms with Crippen LogP contribution in [0.15, 0.2) is 18.2 Å². The Morgan fingerprint density at radius 1 is 1.10 bits per heavy atom. The quantitative estimate of drug-likeness (QED) is 0.784. The summed E-state index contributed by atoms with van der Waals surface area (Å²) in [5, 5.41) is -0.283. The number of hydrogen-bond acceptors (Lipinski definition) is 5. The third-order valence-corrected chi connectivity index (χ3v) is 3.78. The summed E-state index contributed by atoms with van der Waals surface area (Å²) in [6.45, 7) is 5.19. The van der Waals surface area contributed by atoms with Gasteiger partial charge in [-0.1, -0.05) is 6.07 Å². The van der Waals surface area contributed by atoms with Crippen LogP contribution in [0.1, 0.15) is 5.56 Å². The van der Waals surface area contributed by atoms with Gasteiger partial charge in [-0.15, -0.1) is 0 Å². The molecule has 1 aromatic rings. The summed E-state index contributed by atoms with van der Waals surface area (Å²) in [7, 11) is 0. The van der Waals surface area contributed by atoms with E-state index in [0.717, 1.165) is 44.2 Å². The minimum Gasteiger partial charge on any atom is -0.454 e. The van der Waals surface area contributed by atoms with Gasteiger partial charge in [0.15, 0.2) is 11.5 Å². The molecule has 0 radical (unpaired) electrons. The van der Waals surface area contributed by atoms with E-state index in [2.05, 4.69) is 15.9 Å². The van der Waals surface area contributed by atoms with Gasteiger partial charge in [0, 0.05) is 32.7 Å². The van der Waals surface area contributed by atoms with Crippen molar-refractivity contribution in [2.24, 2.45) is 0 Å². The highest BCUT2D eigenvalue weighted by atomic mass is 35.5. The first-order chi connectivity index (χ1) is 9.70. The van der Waals surface area contributed by atoms with Gasteiger partial charge in [0.25, 0.3) is 0 Å². The van der Waals surface area contributed by atoms with Crippen molar-refractivity contribution in [1.82, 2.24) is 9.80 Å². The van der Waals surface area contributed by atoms with Crippen LogP contribution >= 0.6 is 11.6 Å². The Kier molecular flexibility index (Phi) is 4.10. The van der Waals surface area contributed by atoms with Gasteiger partial charge >= 0.3 is 0 Å². The van der Waals surface area contributed by atoms with Crippen LogP contribution < -0.4 is 9.47 Å². The van der Waals surface area contributed by atoms with Crippen molar-refractivity contribution in [2.75, 3.05) is 39.5 Å². The smallest absolute Gasteiger partial charge is 0.235 e. The Bertz CT molecular complexity index is 501. The van der Waals surface area contributed by atoms with Gasteiger partial charge in [-0.3, -0.25) is 14.6 Å². The SMILES string of the molecule is O=C(Cl)CN1CCN(Cc2ccc3c(c2)OCO3)CC1. The van der Waals surface area contributed by atoms with Crippen molar-refractivity contribution in [3.63, 3.8) is 0 Å². The van der Waals surface area contributed by atoms with Crippen LogP contribution in [0, 0.1) is 0 Å². The summed E-state index contributed by atoms with van der Waals surface area (Å²) in [4.78, 5) is 15.3. The summed E-state index contributed by atoms with van der Waals surface area (Å²) >= 11 is 5.41. The second kappa shape index (κ2) is 5.99. The maximum Gasteiger partial charge on any atom is 0.235 e. The highest BCUT2D eigenvalue weighted by Crippen LogP contribution is 2.32. The van der Waals surface area contributed by atoms with Gasteiger partial charge in [0.1, 0.15) is 0 Å². The molecule has 0 unspecified atom stereocenters. The fourth-order valence-electron chi connectivity index (χ4n) is 2.58. The number of carbonyl (C=O) groups is 1. The van der Waals surface area contributed by atoms with Crippen LogP contribution in [0.4, 0.5) is 0 Å². The molecule has 108 valence electrons. The largest absolute Gasteiger partial charge is 0.454 e. The molecule has 2 aliphatic rings. The van der Waals surface area contributed by atoms with E-state index >= 15 is 0 Å². The summed E-state index contributed by atoms with van der Waals surface area (Å²) in [5.41, 5.74) is 1.22. The van der Waals surface area contributed by atoms with Crippen LogP contribution in [-0.2, 0) is 11.3 Å². The zero-order chi connectivity index (χ0) is 13.9. The van der Waals surface area contributed by atoms with Crippen molar-refractivity contribution < 1.29 is 14.3 Å². The molecule has 0 N–H and O–H groups in total. The zero-order valence-corrected chi connectivity index (χ0v) is 11.9. The number of benzene rings is 1. The van der Waals surface area contributed by atoms with Gasteiger partial charge in [-0.2, -0.15) is 0 Å². The fraction of sp³-hybridized carbons (Fsp3) is 0.500. The van der Waals surface area contributed by atoms with E-state index in [1.807, 2.05) is 12.1 Å². The first-order valence-corrected chi connectivity index (χ1v) is 7.10. The van der Waals surface area contributed by atoms with Crippen molar-refractivity contribution in [3.8, 4) is 11.5 Å². The molecule has 0 amide bonds. The van der Waals surface area contributed by atoms with Gasteiger partial charge in [0.05, 0.1) is 6.54 Å². The van der Waals surface area contributed by atoms with Gasteiger partial charge < -0.3 is 9.47 Å². The highest BCUT2D eigenvalue weighted by molar-refractivity contribution is 6.64. The number of fused-ring (bicyclic) bond motifs is 1. The highest BCUT2D eigenvalue weighted by Gasteiger charge is 2.19. The number of rotatable bonds is 4. The monoisotopic (exact) mass is 296 g/mol. The van der Waals surface area contributed by atoms with Crippen LogP contribution in [0.3, 0.4) is 0 Å². The Morgan fingerprint density at radius 3 is 2.55 bits per heavy atom. The second-order valence-corrected chi connectivity index (χ2v) is 5.52. The molecular formula is C14H17ClN2O3. The molecule has 5 nitrogen and oxygen atoms in total. The van der Waals surface area contributed by atoms with E-state index in [1.165, 1.54) is 5.56 Å². The van der Waals surface area contributed by atoms with Crippen molar-refractivity contribution in [3.05, 3.63) is 23.8 Å². The van der Waals surface area contributed by atoms with Gasteiger partial charge in [-0.25, -0.2) is 0 Å². The average molecular weight is 297 g/mol. The normalized spacial score (nSPS) is 19.2. The van der Waals surface area contributed by atoms with Crippen LogP contribution in [0.25, 0.3) is 0 Å². The summed E-state index contributed by atoms with van der Waals surface area (Å²) in [6.07, 6.45) is 0. The number of nitrogens with zero attached hydrogens (tertiary/aromatic N) is 2. The topological polar surface area (TPSA) is 42.0 Å². The Balaban J connectivity index is 1.53. The maximum absolute atomic E-state index is 10.9. The molecule has 0 aromatic heterocycles. The molecule has 1 fully saturated rings. The van der Waals surface area contributed by atoms with Crippen LogP contribution in [0.5, 0.6) is 11.5 Å². The van der Waals surface area contributed by atoms with E-state index in [9.17, 15) is 4.79 Å². The molecule has 0 bridgehead atoms. The van der Waals surface area contributed by atoms with Gasteiger partial charge in [0.2, 0.25) is 12.0 Å². The van der Waals surface area contributed by atoms with Crippen LogP contribution in [-0.4, -0.2) is 54.6 Å². The molecule has 6 heteroatoms.